The van der Waals surface area contributed by atoms with E-state index in [2.05, 4.69) is 20.3 Å². The van der Waals surface area contributed by atoms with Gasteiger partial charge in [0.15, 0.2) is 5.69 Å². The van der Waals surface area contributed by atoms with Crippen LogP contribution >= 0.6 is 11.3 Å². The summed E-state index contributed by atoms with van der Waals surface area (Å²) in [6.07, 6.45) is 0. The standard InChI is InChI=1S/C21H18N6O3S/c1-12-7-8-13(2)17(9-12)23-24-19-14(3)25-26(20(19)28)21-22-18(11-31-21)15-5-4-6-16(10-15)27(29)30/h4-11,25H,1-3H3. The van der Waals surface area contributed by atoms with Gasteiger partial charge in [0.05, 0.1) is 22.0 Å². The smallest absolute Gasteiger partial charge is 0.291 e. The third-order valence-corrected chi connectivity index (χ3v) is 5.52. The normalized spacial score (nSPS) is 11.3. The molecule has 2 aromatic carbocycles. The van der Waals surface area contributed by atoms with Crippen molar-refractivity contribution in [1.29, 1.82) is 0 Å². The van der Waals surface area contributed by atoms with Crippen LogP contribution in [-0.4, -0.2) is 19.7 Å². The minimum absolute atomic E-state index is 0.0194. The molecule has 0 spiro atoms. The Bertz CT molecular complexity index is 1380. The summed E-state index contributed by atoms with van der Waals surface area (Å²) in [6.45, 7) is 5.64. The molecule has 0 aliphatic rings. The molecule has 0 atom stereocenters. The quantitative estimate of drug-likeness (QED) is 0.252. The van der Waals surface area contributed by atoms with Crippen molar-refractivity contribution in [3.63, 3.8) is 0 Å². The van der Waals surface area contributed by atoms with Crippen LogP contribution in [0.2, 0.25) is 0 Å². The molecule has 0 saturated carbocycles. The molecule has 0 aliphatic carbocycles. The van der Waals surface area contributed by atoms with E-state index >= 15 is 0 Å². The highest BCUT2D eigenvalue weighted by atomic mass is 32.1. The molecule has 4 aromatic rings. The molecule has 0 fully saturated rings. The monoisotopic (exact) mass is 434 g/mol. The summed E-state index contributed by atoms with van der Waals surface area (Å²) in [5.74, 6) is 0. The summed E-state index contributed by atoms with van der Waals surface area (Å²) in [4.78, 5) is 27.9. The molecule has 2 aromatic heterocycles. The lowest BCUT2D eigenvalue weighted by atomic mass is 10.1. The van der Waals surface area contributed by atoms with E-state index in [0.717, 1.165) is 11.1 Å². The highest BCUT2D eigenvalue weighted by Gasteiger charge is 2.16. The van der Waals surface area contributed by atoms with E-state index in [9.17, 15) is 14.9 Å². The molecule has 10 heteroatoms. The van der Waals surface area contributed by atoms with Gasteiger partial charge in [-0.2, -0.15) is 9.80 Å². The zero-order chi connectivity index (χ0) is 22.1. The molecule has 156 valence electrons. The number of thiazole rings is 1. The van der Waals surface area contributed by atoms with Crippen molar-refractivity contribution in [3.05, 3.63) is 85.1 Å². The number of nitrogens with one attached hydrogen (secondary N) is 1. The molecule has 4 rings (SSSR count). The van der Waals surface area contributed by atoms with Crippen LogP contribution in [0.3, 0.4) is 0 Å². The molecule has 0 bridgehead atoms. The Hall–Kier alpha value is -3.92. The third-order valence-electron chi connectivity index (χ3n) is 4.70. The molecule has 0 aliphatic heterocycles. The minimum Gasteiger partial charge on any atom is -0.291 e. The van der Waals surface area contributed by atoms with Gasteiger partial charge in [-0.1, -0.05) is 24.3 Å². The number of aromatic nitrogens is 3. The number of azo groups is 1. The number of nitro benzene ring substituents is 1. The van der Waals surface area contributed by atoms with Crippen LogP contribution in [0.15, 0.2) is 62.9 Å². The second-order valence-electron chi connectivity index (χ2n) is 7.04. The van der Waals surface area contributed by atoms with Crippen molar-refractivity contribution in [1.82, 2.24) is 14.8 Å². The summed E-state index contributed by atoms with van der Waals surface area (Å²) in [6, 6.07) is 12.1. The Morgan fingerprint density at radius 3 is 2.71 bits per heavy atom. The maximum Gasteiger partial charge on any atom is 0.301 e. The van der Waals surface area contributed by atoms with Gasteiger partial charge in [-0.05, 0) is 38.0 Å². The van der Waals surface area contributed by atoms with Gasteiger partial charge >= 0.3 is 5.56 Å². The lowest BCUT2D eigenvalue weighted by Gasteiger charge is -1.99. The summed E-state index contributed by atoms with van der Waals surface area (Å²) < 4.78 is 1.30. The lowest BCUT2D eigenvalue weighted by molar-refractivity contribution is -0.384. The van der Waals surface area contributed by atoms with Crippen LogP contribution in [0, 0.1) is 30.9 Å². The second kappa shape index (κ2) is 8.07. The van der Waals surface area contributed by atoms with E-state index in [1.54, 1.807) is 24.4 Å². The Kier molecular flexibility index (Phi) is 5.30. The molecule has 9 nitrogen and oxygen atoms in total. The summed E-state index contributed by atoms with van der Waals surface area (Å²) in [5.41, 5.74) is 4.24. The first-order valence-electron chi connectivity index (χ1n) is 9.35. The highest BCUT2D eigenvalue weighted by Crippen LogP contribution is 2.27. The van der Waals surface area contributed by atoms with Crippen LogP contribution in [0.4, 0.5) is 17.1 Å². The molecule has 0 saturated heterocycles. The molecule has 2 heterocycles. The average molecular weight is 434 g/mol. The van der Waals surface area contributed by atoms with E-state index in [0.29, 0.717) is 27.8 Å². The largest absolute Gasteiger partial charge is 0.301 e. The maximum atomic E-state index is 12.9. The van der Waals surface area contributed by atoms with Crippen molar-refractivity contribution in [3.8, 4) is 16.4 Å². The first-order chi connectivity index (χ1) is 14.8. The minimum atomic E-state index is -0.456. The van der Waals surface area contributed by atoms with Crippen LogP contribution in [0.25, 0.3) is 16.4 Å². The Labute approximate surface area is 180 Å². The Morgan fingerprint density at radius 1 is 1.13 bits per heavy atom. The number of hydrogen-bond donors (Lipinski definition) is 1. The van der Waals surface area contributed by atoms with Crippen molar-refractivity contribution in [2.75, 3.05) is 0 Å². The number of nitro groups is 1. The van der Waals surface area contributed by atoms with Crippen LogP contribution < -0.4 is 5.56 Å². The van der Waals surface area contributed by atoms with Gasteiger partial charge in [0.1, 0.15) is 0 Å². The molecule has 1 N–H and O–H groups in total. The molecule has 0 unspecified atom stereocenters. The number of rotatable bonds is 5. The van der Waals surface area contributed by atoms with Crippen LogP contribution in [-0.2, 0) is 0 Å². The summed E-state index contributed by atoms with van der Waals surface area (Å²) >= 11 is 1.25. The number of H-pyrrole nitrogens is 1. The molecular weight excluding hydrogens is 416 g/mol. The zero-order valence-corrected chi connectivity index (χ0v) is 17.8. The van der Waals surface area contributed by atoms with Gasteiger partial charge in [-0.15, -0.1) is 16.5 Å². The number of benzene rings is 2. The predicted molar refractivity (Wildman–Crippen MR) is 119 cm³/mol. The van der Waals surface area contributed by atoms with E-state index in [1.807, 2.05) is 32.0 Å². The molecule has 0 amide bonds. The molecule has 31 heavy (non-hydrogen) atoms. The maximum absolute atomic E-state index is 12.9. The van der Waals surface area contributed by atoms with E-state index < -0.39 is 4.92 Å². The summed E-state index contributed by atoms with van der Waals surface area (Å²) in [7, 11) is 0. The van der Waals surface area contributed by atoms with Gasteiger partial charge in [0, 0.05) is 23.1 Å². The Balaban J connectivity index is 1.68. The first kappa shape index (κ1) is 20.4. The van der Waals surface area contributed by atoms with E-state index in [-0.39, 0.29) is 16.9 Å². The fourth-order valence-electron chi connectivity index (χ4n) is 3.00. The summed E-state index contributed by atoms with van der Waals surface area (Å²) in [5, 5.41) is 24.6. The number of aromatic amines is 1. The van der Waals surface area contributed by atoms with Crippen LogP contribution in [0.5, 0.6) is 0 Å². The number of hydrogen-bond acceptors (Lipinski definition) is 7. The van der Waals surface area contributed by atoms with E-state index in [4.69, 9.17) is 0 Å². The fourth-order valence-corrected chi connectivity index (χ4v) is 3.79. The molecular formula is C21H18N6O3S. The number of nitrogens with zero attached hydrogens (tertiary/aromatic N) is 5. The van der Waals surface area contributed by atoms with E-state index in [1.165, 1.54) is 28.2 Å². The Morgan fingerprint density at radius 2 is 1.94 bits per heavy atom. The van der Waals surface area contributed by atoms with Gasteiger partial charge in [0.25, 0.3) is 5.69 Å². The predicted octanol–water partition coefficient (Wildman–Crippen LogP) is 5.54. The van der Waals surface area contributed by atoms with Crippen LogP contribution in [0.1, 0.15) is 16.8 Å². The van der Waals surface area contributed by atoms with Crippen molar-refractivity contribution < 1.29 is 4.92 Å². The number of aryl methyl sites for hydroxylation is 3. The topological polar surface area (TPSA) is 119 Å². The van der Waals surface area contributed by atoms with Crippen molar-refractivity contribution in [2.24, 2.45) is 10.2 Å². The molecule has 0 radical (unpaired) electrons. The van der Waals surface area contributed by atoms with Gasteiger partial charge in [-0.3, -0.25) is 20.0 Å². The lowest BCUT2D eigenvalue weighted by Crippen LogP contribution is -2.13. The highest BCUT2D eigenvalue weighted by molar-refractivity contribution is 7.12. The van der Waals surface area contributed by atoms with Gasteiger partial charge in [0.2, 0.25) is 5.13 Å². The fraction of sp³-hybridized carbons (Fsp3) is 0.143. The average Bonchev–Trinajstić information content (AvgIpc) is 3.34. The SMILES string of the molecule is Cc1ccc(C)c(N=Nc2c(C)[nH]n(-c3nc(-c4cccc([N+](=O)[O-])c4)cs3)c2=O)c1. The second-order valence-corrected chi connectivity index (χ2v) is 7.88. The number of non-ortho nitro benzene ring substituents is 1. The first-order valence-corrected chi connectivity index (χ1v) is 10.2. The van der Waals surface area contributed by atoms with Crippen molar-refractivity contribution in [2.45, 2.75) is 20.8 Å². The van der Waals surface area contributed by atoms with Crippen molar-refractivity contribution >= 4 is 28.4 Å². The van der Waals surface area contributed by atoms with Gasteiger partial charge < -0.3 is 0 Å². The van der Waals surface area contributed by atoms with Gasteiger partial charge in [-0.25, -0.2) is 4.98 Å². The third kappa shape index (κ3) is 4.05. The zero-order valence-electron chi connectivity index (χ0n) is 17.0.